The molecule has 0 aliphatic heterocycles. The molecule has 0 radical (unpaired) electrons. The molecule has 6 heteroatoms. The van der Waals surface area contributed by atoms with Crippen LogP contribution in [0.15, 0.2) is 131 Å². The molecule has 0 amide bonds. The van der Waals surface area contributed by atoms with Crippen molar-refractivity contribution in [2.45, 2.75) is 0 Å². The van der Waals surface area contributed by atoms with E-state index < -0.39 is 0 Å². The number of hydrogen-bond donors (Lipinski definition) is 0. The Morgan fingerprint density at radius 3 is 1.10 bits per heavy atom. The minimum absolute atomic E-state index is 0.0634. The number of rotatable bonds is 0. The summed E-state index contributed by atoms with van der Waals surface area (Å²) in [6.07, 6.45) is 0. The van der Waals surface area contributed by atoms with E-state index in [1.54, 1.807) is 8.80 Å². The van der Waals surface area contributed by atoms with Crippen molar-refractivity contribution in [3.05, 3.63) is 142 Å². The molecule has 228 valence electrons. The molecule has 13 aromatic rings. The van der Waals surface area contributed by atoms with Crippen LogP contribution in [-0.2, 0) is 0 Å². The Hall–Kier alpha value is -6.92. The van der Waals surface area contributed by atoms with E-state index in [1.165, 1.54) is 0 Å². The minimum Gasteiger partial charge on any atom is -0.268 e. The molecule has 4 heterocycles. The Bertz CT molecular complexity index is 3570. The van der Waals surface area contributed by atoms with Crippen LogP contribution in [0.5, 0.6) is 0 Å². The Balaban J connectivity index is 1.41. The van der Waals surface area contributed by atoms with Crippen molar-refractivity contribution in [3.63, 3.8) is 0 Å². The standard InChI is InChI=1S/C44H20N4O2/c49-43-39-23-11-3-1-9-21(23)33-25-17-19-28-38-36(25)34(26-18-20-27(37(39)35(26)33)41-45-29-13-5-7-15-31(29)47(41)43)22-10-2-4-12-24(22)40(38)44(50)48-32-16-8-6-14-30(32)46-42(28)48/h1-20H. The van der Waals surface area contributed by atoms with Gasteiger partial charge in [0.1, 0.15) is 11.3 Å². The number of imidazole rings is 2. The Morgan fingerprint density at radius 1 is 0.320 bits per heavy atom. The molecule has 6 nitrogen and oxygen atoms in total. The van der Waals surface area contributed by atoms with Crippen LogP contribution >= 0.6 is 0 Å². The molecule has 0 aliphatic rings. The van der Waals surface area contributed by atoms with E-state index >= 15 is 0 Å². The highest BCUT2D eigenvalue weighted by atomic mass is 16.1. The third kappa shape index (κ3) is 2.61. The van der Waals surface area contributed by atoms with Gasteiger partial charge in [-0.2, -0.15) is 0 Å². The van der Waals surface area contributed by atoms with Crippen molar-refractivity contribution in [1.29, 1.82) is 0 Å². The van der Waals surface area contributed by atoms with E-state index in [9.17, 15) is 9.59 Å². The summed E-state index contributed by atoms with van der Waals surface area (Å²) in [6.45, 7) is 0. The van der Waals surface area contributed by atoms with Crippen LogP contribution in [0.25, 0.3) is 120 Å². The van der Waals surface area contributed by atoms with E-state index in [-0.39, 0.29) is 11.1 Å². The Kier molecular flexibility index (Phi) is 4.12. The second-order valence-corrected chi connectivity index (χ2v) is 13.5. The van der Waals surface area contributed by atoms with E-state index in [2.05, 4.69) is 48.5 Å². The van der Waals surface area contributed by atoms with Gasteiger partial charge in [-0.25, -0.2) is 9.97 Å². The van der Waals surface area contributed by atoms with Crippen molar-refractivity contribution < 1.29 is 0 Å². The maximum Gasteiger partial charge on any atom is 0.265 e. The summed E-state index contributed by atoms with van der Waals surface area (Å²) >= 11 is 0. The van der Waals surface area contributed by atoms with Crippen LogP contribution < -0.4 is 11.1 Å². The monoisotopic (exact) mass is 636 g/mol. The largest absolute Gasteiger partial charge is 0.268 e. The normalized spacial score (nSPS) is 13.0. The van der Waals surface area contributed by atoms with Gasteiger partial charge in [0.2, 0.25) is 0 Å². The van der Waals surface area contributed by atoms with Gasteiger partial charge in [0.05, 0.1) is 32.8 Å². The average Bonchev–Trinajstić information content (AvgIpc) is 3.75. The molecule has 13 rings (SSSR count). The van der Waals surface area contributed by atoms with Crippen molar-refractivity contribution in [2.24, 2.45) is 0 Å². The van der Waals surface area contributed by atoms with Gasteiger partial charge in [0.15, 0.2) is 0 Å². The van der Waals surface area contributed by atoms with Gasteiger partial charge >= 0.3 is 0 Å². The lowest BCUT2D eigenvalue weighted by Gasteiger charge is -2.22. The number of nitrogens with zero attached hydrogens (tertiary/aromatic N) is 4. The third-order valence-corrected chi connectivity index (χ3v) is 11.3. The van der Waals surface area contributed by atoms with Crippen LogP contribution in [0.4, 0.5) is 0 Å². The summed E-state index contributed by atoms with van der Waals surface area (Å²) in [7, 11) is 0. The average molecular weight is 637 g/mol. The minimum atomic E-state index is -0.0634. The molecule has 0 bridgehead atoms. The van der Waals surface area contributed by atoms with Crippen molar-refractivity contribution in [2.75, 3.05) is 0 Å². The molecule has 0 fully saturated rings. The summed E-state index contributed by atoms with van der Waals surface area (Å²) in [5.41, 5.74) is 4.42. The molecule has 0 spiro atoms. The highest BCUT2D eigenvalue weighted by molar-refractivity contribution is 6.49. The van der Waals surface area contributed by atoms with Crippen molar-refractivity contribution in [1.82, 2.24) is 18.8 Å². The van der Waals surface area contributed by atoms with Crippen LogP contribution in [0.2, 0.25) is 0 Å². The predicted molar refractivity (Wildman–Crippen MR) is 205 cm³/mol. The van der Waals surface area contributed by atoms with Gasteiger partial charge in [-0.1, -0.05) is 84.9 Å². The van der Waals surface area contributed by atoms with Crippen LogP contribution in [0, 0.1) is 0 Å². The van der Waals surface area contributed by atoms with Gasteiger partial charge in [-0.05, 0) is 90.3 Å². The zero-order chi connectivity index (χ0) is 32.6. The predicted octanol–water partition coefficient (Wildman–Crippen LogP) is 9.55. The van der Waals surface area contributed by atoms with E-state index in [0.29, 0.717) is 22.1 Å². The second-order valence-electron chi connectivity index (χ2n) is 13.5. The van der Waals surface area contributed by atoms with Gasteiger partial charge in [-0.15, -0.1) is 0 Å². The summed E-state index contributed by atoms with van der Waals surface area (Å²) in [5.74, 6) is 0. The molecule has 0 atom stereocenters. The van der Waals surface area contributed by atoms with E-state index in [4.69, 9.17) is 9.97 Å². The lowest BCUT2D eigenvalue weighted by Crippen LogP contribution is -2.14. The molecular weight excluding hydrogens is 617 g/mol. The maximum absolute atomic E-state index is 14.8. The van der Waals surface area contributed by atoms with Crippen LogP contribution in [0.1, 0.15) is 0 Å². The smallest absolute Gasteiger partial charge is 0.265 e. The van der Waals surface area contributed by atoms with Gasteiger partial charge < -0.3 is 0 Å². The summed E-state index contributed by atoms with van der Waals surface area (Å²) in [6, 6.07) is 40.9. The maximum atomic E-state index is 14.8. The van der Waals surface area contributed by atoms with Crippen molar-refractivity contribution >= 4 is 120 Å². The molecule has 50 heavy (non-hydrogen) atoms. The lowest BCUT2D eigenvalue weighted by molar-refractivity contribution is 1.19. The first-order chi connectivity index (χ1) is 24.7. The van der Waals surface area contributed by atoms with E-state index in [0.717, 1.165) is 97.5 Å². The molecular formula is C44H20N4O2. The SMILES string of the molecule is O=c1c2c3ccccc3c3c4ccc5c6c(c(=O)n7c8ccccc8nc57)c5ccccc5c(c5ccc(c2c53)c2nc3ccccc3n12)c46. The summed E-state index contributed by atoms with van der Waals surface area (Å²) in [4.78, 5) is 39.7. The molecule has 9 aromatic carbocycles. The van der Waals surface area contributed by atoms with Crippen LogP contribution in [-0.4, -0.2) is 18.8 Å². The van der Waals surface area contributed by atoms with E-state index in [1.807, 2.05) is 72.8 Å². The number of fused-ring (bicyclic) bond motifs is 16. The number of aromatic nitrogens is 4. The summed E-state index contributed by atoms with van der Waals surface area (Å²) < 4.78 is 3.58. The van der Waals surface area contributed by atoms with Gasteiger partial charge in [-0.3, -0.25) is 18.4 Å². The second kappa shape index (κ2) is 8.20. The first-order valence-electron chi connectivity index (χ1n) is 16.8. The molecule has 0 aliphatic carbocycles. The number of hydrogen-bond acceptors (Lipinski definition) is 4. The molecule has 0 N–H and O–H groups in total. The first kappa shape index (κ1) is 25.1. The van der Waals surface area contributed by atoms with Gasteiger partial charge in [0.25, 0.3) is 11.1 Å². The Morgan fingerprint density at radius 2 is 0.660 bits per heavy atom. The number of para-hydroxylation sites is 4. The zero-order valence-electron chi connectivity index (χ0n) is 26.2. The highest BCUT2D eigenvalue weighted by Gasteiger charge is 2.27. The fourth-order valence-corrected chi connectivity index (χ4v) is 9.46. The fourth-order valence-electron chi connectivity index (χ4n) is 9.46. The quantitative estimate of drug-likeness (QED) is 0.123. The molecule has 4 aromatic heterocycles. The topological polar surface area (TPSA) is 68.7 Å². The number of benzene rings is 9. The fraction of sp³-hybridized carbons (Fsp3) is 0. The van der Waals surface area contributed by atoms with Crippen LogP contribution in [0.3, 0.4) is 0 Å². The molecule has 0 saturated carbocycles. The third-order valence-electron chi connectivity index (χ3n) is 11.3. The zero-order valence-corrected chi connectivity index (χ0v) is 26.2. The molecule has 0 unspecified atom stereocenters. The Labute approximate surface area is 279 Å². The van der Waals surface area contributed by atoms with Gasteiger partial charge in [0, 0.05) is 21.5 Å². The first-order valence-corrected chi connectivity index (χ1v) is 16.8. The lowest BCUT2D eigenvalue weighted by atomic mass is 9.81. The van der Waals surface area contributed by atoms with Crippen molar-refractivity contribution in [3.8, 4) is 0 Å². The summed E-state index contributed by atoms with van der Waals surface area (Å²) in [5, 5.41) is 15.4. The highest BCUT2D eigenvalue weighted by Crippen LogP contribution is 2.51. The molecule has 0 saturated heterocycles. The number of pyridine rings is 2.